The van der Waals surface area contributed by atoms with Crippen molar-refractivity contribution in [1.29, 1.82) is 0 Å². The van der Waals surface area contributed by atoms with Crippen molar-refractivity contribution in [2.24, 2.45) is 0 Å². The van der Waals surface area contributed by atoms with Gasteiger partial charge in [-0.15, -0.1) is 6.42 Å². The van der Waals surface area contributed by atoms with E-state index in [2.05, 4.69) is 12.8 Å². The van der Waals surface area contributed by atoms with Gasteiger partial charge in [-0.05, 0) is 12.8 Å². The summed E-state index contributed by atoms with van der Waals surface area (Å²) in [6, 6.07) is 0. The third-order valence-corrected chi connectivity index (χ3v) is 1.31. The van der Waals surface area contributed by atoms with Crippen LogP contribution in [0.15, 0.2) is 0 Å². The first-order chi connectivity index (χ1) is 5.20. The van der Waals surface area contributed by atoms with Crippen LogP contribution in [0, 0.1) is 12.3 Å². The molecule has 0 aromatic carbocycles. The summed E-state index contributed by atoms with van der Waals surface area (Å²) >= 11 is 0. The normalized spacial score (nSPS) is 11.7. The van der Waals surface area contributed by atoms with Gasteiger partial charge in [-0.2, -0.15) is 0 Å². The van der Waals surface area contributed by atoms with Crippen LogP contribution in [0.5, 0.6) is 0 Å². The van der Waals surface area contributed by atoms with Gasteiger partial charge in [0.1, 0.15) is 0 Å². The van der Waals surface area contributed by atoms with Crippen LogP contribution >= 0.6 is 0 Å². The van der Waals surface area contributed by atoms with E-state index >= 15 is 0 Å². The van der Waals surface area contributed by atoms with Gasteiger partial charge in [-0.1, -0.05) is 19.3 Å². The van der Waals surface area contributed by atoms with Gasteiger partial charge < -0.3 is 4.74 Å². The maximum absolute atomic E-state index is 10.5. The molecular formula is C9H14O2. The van der Waals surface area contributed by atoms with Crippen molar-refractivity contribution in [2.45, 2.75) is 39.2 Å². The number of esters is 1. The molecule has 0 rings (SSSR count). The Hall–Kier alpha value is -0.970. The summed E-state index contributed by atoms with van der Waals surface area (Å²) < 4.78 is 4.83. The van der Waals surface area contributed by atoms with Crippen LogP contribution in [0.4, 0.5) is 0 Å². The van der Waals surface area contributed by atoms with Crippen molar-refractivity contribution in [2.75, 3.05) is 0 Å². The Bertz CT molecular complexity index is 155. The highest BCUT2D eigenvalue weighted by Crippen LogP contribution is 2.03. The van der Waals surface area contributed by atoms with Crippen LogP contribution in [-0.2, 0) is 9.53 Å². The number of carbonyl (C=O) groups excluding carboxylic acids is 1. The first-order valence-corrected chi connectivity index (χ1v) is 3.84. The van der Waals surface area contributed by atoms with Gasteiger partial charge in [0.2, 0.25) is 0 Å². The molecule has 0 heterocycles. The molecule has 0 N–H and O–H groups in total. The van der Waals surface area contributed by atoms with Crippen molar-refractivity contribution in [3.63, 3.8) is 0 Å². The summed E-state index contributed by atoms with van der Waals surface area (Å²) in [5.41, 5.74) is 0. The molecule has 0 radical (unpaired) electrons. The molecule has 2 nitrogen and oxygen atoms in total. The summed E-state index contributed by atoms with van der Waals surface area (Å²) in [4.78, 5) is 10.5. The second-order valence-corrected chi connectivity index (χ2v) is 2.41. The van der Waals surface area contributed by atoms with Gasteiger partial charge in [-0.25, -0.2) is 0 Å². The zero-order chi connectivity index (χ0) is 8.69. The minimum absolute atomic E-state index is 0.302. The molecule has 0 saturated carbocycles. The molecule has 1 atom stereocenters. The van der Waals surface area contributed by atoms with Gasteiger partial charge in [0, 0.05) is 6.92 Å². The van der Waals surface area contributed by atoms with Crippen LogP contribution in [0.1, 0.15) is 33.1 Å². The summed E-state index contributed by atoms with van der Waals surface area (Å²) in [5.74, 6) is 2.12. The molecular weight excluding hydrogens is 140 g/mol. The fraction of sp³-hybridized carbons (Fsp3) is 0.667. The highest BCUT2D eigenvalue weighted by molar-refractivity contribution is 5.66. The number of rotatable bonds is 4. The smallest absolute Gasteiger partial charge is 0.303 e. The molecule has 0 unspecified atom stereocenters. The summed E-state index contributed by atoms with van der Waals surface area (Å²) in [6.45, 7) is 3.44. The highest BCUT2D eigenvalue weighted by Gasteiger charge is 2.05. The third-order valence-electron chi connectivity index (χ3n) is 1.31. The molecule has 0 aromatic heterocycles. The van der Waals surface area contributed by atoms with Crippen LogP contribution in [0.2, 0.25) is 0 Å². The van der Waals surface area contributed by atoms with Crippen LogP contribution in [0.3, 0.4) is 0 Å². The van der Waals surface area contributed by atoms with Crippen LogP contribution in [-0.4, -0.2) is 12.1 Å². The quantitative estimate of drug-likeness (QED) is 0.455. The van der Waals surface area contributed by atoms with E-state index < -0.39 is 0 Å². The lowest BCUT2D eigenvalue weighted by atomic mass is 10.2. The largest absolute Gasteiger partial charge is 0.449 e. The molecule has 0 aliphatic heterocycles. The van der Waals surface area contributed by atoms with Crippen molar-refractivity contribution in [3.05, 3.63) is 0 Å². The van der Waals surface area contributed by atoms with E-state index in [1.807, 2.05) is 0 Å². The standard InChI is InChI=1S/C9H14O2/c1-4-6-7-9(5-2)11-8(3)10/h2,9H,4,6-7H2,1,3H3/t9-/m0/s1. The maximum Gasteiger partial charge on any atom is 0.303 e. The van der Waals surface area contributed by atoms with E-state index in [9.17, 15) is 4.79 Å². The Morgan fingerprint density at radius 2 is 2.36 bits per heavy atom. The van der Waals surface area contributed by atoms with Crippen molar-refractivity contribution in [3.8, 4) is 12.3 Å². The number of hydrogen-bond acceptors (Lipinski definition) is 2. The van der Waals surface area contributed by atoms with E-state index in [0.717, 1.165) is 19.3 Å². The van der Waals surface area contributed by atoms with E-state index in [-0.39, 0.29) is 12.1 Å². The summed E-state index contributed by atoms with van der Waals surface area (Å²) in [5, 5.41) is 0. The molecule has 0 aliphatic rings. The van der Waals surface area contributed by atoms with Crippen molar-refractivity contribution >= 4 is 5.97 Å². The predicted molar refractivity (Wildman–Crippen MR) is 43.9 cm³/mol. The lowest BCUT2D eigenvalue weighted by molar-refractivity contribution is -0.144. The van der Waals surface area contributed by atoms with E-state index in [0.29, 0.717) is 0 Å². The molecule has 0 bridgehead atoms. The Kier molecular flexibility index (Phi) is 5.28. The number of unbranched alkanes of at least 4 members (excludes halogenated alkanes) is 1. The molecule has 11 heavy (non-hydrogen) atoms. The fourth-order valence-corrected chi connectivity index (χ4v) is 0.766. The van der Waals surface area contributed by atoms with Gasteiger partial charge >= 0.3 is 5.97 Å². The number of terminal acetylenes is 1. The molecule has 2 heteroatoms. The number of ether oxygens (including phenoxy) is 1. The first-order valence-electron chi connectivity index (χ1n) is 3.84. The average Bonchev–Trinajstić information content (AvgIpc) is 1.97. The molecule has 0 aromatic rings. The summed E-state index contributed by atoms with van der Waals surface area (Å²) in [6.07, 6.45) is 7.65. The van der Waals surface area contributed by atoms with Gasteiger partial charge in [-0.3, -0.25) is 4.79 Å². The molecule has 0 fully saturated rings. The Morgan fingerprint density at radius 1 is 1.73 bits per heavy atom. The second kappa shape index (κ2) is 5.79. The fourth-order valence-electron chi connectivity index (χ4n) is 0.766. The van der Waals surface area contributed by atoms with Crippen molar-refractivity contribution < 1.29 is 9.53 Å². The Balaban J connectivity index is 3.60. The topological polar surface area (TPSA) is 26.3 Å². The lowest BCUT2D eigenvalue weighted by Crippen LogP contribution is -2.13. The molecule has 0 spiro atoms. The molecule has 62 valence electrons. The predicted octanol–water partition coefficient (Wildman–Crippen LogP) is 1.74. The first kappa shape index (κ1) is 10.0. The van der Waals surface area contributed by atoms with Gasteiger partial charge in [0.15, 0.2) is 6.10 Å². The Labute approximate surface area is 67.9 Å². The van der Waals surface area contributed by atoms with E-state index in [1.54, 1.807) is 0 Å². The zero-order valence-corrected chi connectivity index (χ0v) is 7.09. The molecule has 0 saturated heterocycles. The summed E-state index contributed by atoms with van der Waals surface area (Å²) in [7, 11) is 0. The Morgan fingerprint density at radius 3 is 2.73 bits per heavy atom. The monoisotopic (exact) mass is 154 g/mol. The second-order valence-electron chi connectivity index (χ2n) is 2.41. The zero-order valence-electron chi connectivity index (χ0n) is 7.09. The SMILES string of the molecule is C#C[C@@H](CCCC)OC(C)=O. The minimum Gasteiger partial charge on any atom is -0.449 e. The average molecular weight is 154 g/mol. The lowest BCUT2D eigenvalue weighted by Gasteiger charge is -2.08. The third kappa shape index (κ3) is 5.47. The number of hydrogen-bond donors (Lipinski definition) is 0. The maximum atomic E-state index is 10.5. The van der Waals surface area contributed by atoms with Crippen molar-refractivity contribution in [1.82, 2.24) is 0 Å². The minimum atomic E-state index is -0.326. The van der Waals surface area contributed by atoms with Crippen LogP contribution in [0.25, 0.3) is 0 Å². The molecule has 0 amide bonds. The highest BCUT2D eigenvalue weighted by atomic mass is 16.5. The van der Waals surface area contributed by atoms with Gasteiger partial charge in [0.05, 0.1) is 0 Å². The van der Waals surface area contributed by atoms with E-state index in [4.69, 9.17) is 11.2 Å². The van der Waals surface area contributed by atoms with Crippen LogP contribution < -0.4 is 0 Å². The van der Waals surface area contributed by atoms with E-state index in [1.165, 1.54) is 6.92 Å². The molecule has 0 aliphatic carbocycles. The van der Waals surface area contributed by atoms with Gasteiger partial charge in [0.25, 0.3) is 0 Å². The number of carbonyl (C=O) groups is 1.